The number of carbonyl (C=O) groups is 1. The minimum atomic E-state index is -2.65. The molecule has 0 N–H and O–H groups in total. The van der Waals surface area contributed by atoms with Crippen molar-refractivity contribution in [2.45, 2.75) is 32.6 Å². The second kappa shape index (κ2) is 6.68. The predicted molar refractivity (Wildman–Crippen MR) is 96.6 cm³/mol. The first-order chi connectivity index (χ1) is 13.0. The average molecular weight is 371 g/mol. The van der Waals surface area contributed by atoms with E-state index in [2.05, 4.69) is 28.8 Å². The number of halogens is 2. The summed E-state index contributed by atoms with van der Waals surface area (Å²) in [5.74, 6) is 0.569. The van der Waals surface area contributed by atoms with Crippen molar-refractivity contribution >= 4 is 17.4 Å². The van der Waals surface area contributed by atoms with Crippen molar-refractivity contribution in [2.75, 3.05) is 13.1 Å². The number of hydrogen-bond acceptors (Lipinski definition) is 4. The summed E-state index contributed by atoms with van der Waals surface area (Å²) in [4.78, 5) is 26.8. The zero-order valence-corrected chi connectivity index (χ0v) is 15.1. The van der Waals surface area contributed by atoms with E-state index >= 15 is 0 Å². The molecule has 0 fully saturated rings. The number of nitrogens with zero attached hydrogens (tertiary/aromatic N) is 5. The summed E-state index contributed by atoms with van der Waals surface area (Å²) in [6.45, 7) is 4.70. The number of hydrogen-bond donors (Lipinski definition) is 0. The van der Waals surface area contributed by atoms with Crippen LogP contribution >= 0.6 is 0 Å². The first-order valence-corrected chi connectivity index (χ1v) is 8.82. The average Bonchev–Trinajstić information content (AvgIpc) is 3.08. The van der Waals surface area contributed by atoms with Crippen LogP contribution in [0.25, 0.3) is 5.70 Å². The quantitative estimate of drug-likeness (QED) is 0.815. The van der Waals surface area contributed by atoms with Crippen LogP contribution < -0.4 is 0 Å². The van der Waals surface area contributed by atoms with Crippen molar-refractivity contribution in [3.05, 3.63) is 53.4 Å². The van der Waals surface area contributed by atoms with Crippen LogP contribution in [-0.2, 0) is 11.2 Å². The second-order valence-electron chi connectivity index (χ2n) is 6.88. The van der Waals surface area contributed by atoms with Crippen LogP contribution in [0.3, 0.4) is 0 Å². The molecule has 8 heteroatoms. The molecule has 0 atom stereocenters. The number of rotatable bonds is 2. The van der Waals surface area contributed by atoms with Crippen LogP contribution in [-0.4, -0.2) is 44.3 Å². The van der Waals surface area contributed by atoms with Crippen LogP contribution in [0.15, 0.2) is 35.9 Å². The third-order valence-corrected chi connectivity index (χ3v) is 4.82. The number of pyridine rings is 1. The summed E-state index contributed by atoms with van der Waals surface area (Å²) in [5.41, 5.74) is 3.50. The van der Waals surface area contributed by atoms with Gasteiger partial charge in [-0.2, -0.15) is 0 Å². The summed E-state index contributed by atoms with van der Waals surface area (Å²) in [5, 5.41) is 0. The number of carbonyl (C=O) groups excluding carboxylic acids is 1. The van der Waals surface area contributed by atoms with Crippen molar-refractivity contribution in [1.82, 2.24) is 19.4 Å². The van der Waals surface area contributed by atoms with E-state index < -0.39 is 6.43 Å². The van der Waals surface area contributed by atoms with Crippen LogP contribution in [0.5, 0.6) is 0 Å². The number of fused-ring (bicyclic) bond motifs is 3. The fraction of sp³-hybridized carbons (Fsp3) is 0.368. The van der Waals surface area contributed by atoms with E-state index in [1.165, 1.54) is 17.1 Å². The normalized spacial score (nSPS) is 16.8. The van der Waals surface area contributed by atoms with Gasteiger partial charge in [0.2, 0.25) is 5.91 Å². The lowest BCUT2D eigenvalue weighted by Crippen LogP contribution is -2.36. The fourth-order valence-electron chi connectivity index (χ4n) is 3.55. The Morgan fingerprint density at radius 2 is 2.04 bits per heavy atom. The summed E-state index contributed by atoms with van der Waals surface area (Å²) >= 11 is 0. The number of alkyl halides is 2. The second-order valence-corrected chi connectivity index (χ2v) is 6.88. The molecule has 0 saturated carbocycles. The molecule has 0 radical (unpaired) electrons. The van der Waals surface area contributed by atoms with E-state index in [4.69, 9.17) is 0 Å². The Hall–Kier alpha value is -2.90. The van der Waals surface area contributed by atoms with Crippen LogP contribution in [0.1, 0.15) is 48.7 Å². The van der Waals surface area contributed by atoms with Crippen LogP contribution in [0.2, 0.25) is 0 Å². The molecule has 2 aliphatic heterocycles. The molecule has 4 heterocycles. The molecule has 0 spiro atoms. The zero-order valence-electron chi connectivity index (χ0n) is 15.1. The lowest BCUT2D eigenvalue weighted by atomic mass is 9.91. The Morgan fingerprint density at radius 1 is 1.22 bits per heavy atom. The van der Waals surface area contributed by atoms with Crippen LogP contribution in [0.4, 0.5) is 8.78 Å². The maximum atomic E-state index is 12.9. The number of amides is 1. The van der Waals surface area contributed by atoms with E-state index in [-0.39, 0.29) is 24.1 Å². The van der Waals surface area contributed by atoms with Gasteiger partial charge in [-0.05, 0) is 24.0 Å². The molecular weight excluding hydrogens is 352 g/mol. The van der Waals surface area contributed by atoms with E-state index in [0.29, 0.717) is 12.4 Å². The SMILES string of the molecule is CC(C)c1nccc2c1CCN1C(=O)CN=C(n3cnc(C(F)F)c3)C=C21. The van der Waals surface area contributed by atoms with Gasteiger partial charge in [0.25, 0.3) is 6.43 Å². The Kier molecular flexibility index (Phi) is 4.33. The first kappa shape index (κ1) is 17.5. The van der Waals surface area contributed by atoms with Crippen molar-refractivity contribution in [2.24, 2.45) is 4.99 Å². The Morgan fingerprint density at radius 3 is 2.74 bits per heavy atom. The lowest BCUT2D eigenvalue weighted by Gasteiger charge is -2.32. The van der Waals surface area contributed by atoms with Gasteiger partial charge in [0.05, 0.1) is 5.70 Å². The standard InChI is InChI=1S/C19H19F2N5O/c1-11(2)18-13-4-6-26-15(12(13)3-5-22-18)7-16(23-8-17(26)27)25-9-14(19(20)21)24-10-25/h3,5,7,9-11,19H,4,6,8H2,1-2H3. The summed E-state index contributed by atoms with van der Waals surface area (Å²) in [7, 11) is 0. The highest BCUT2D eigenvalue weighted by Gasteiger charge is 2.30. The van der Waals surface area contributed by atoms with E-state index in [1.54, 1.807) is 17.2 Å². The molecule has 27 heavy (non-hydrogen) atoms. The maximum absolute atomic E-state index is 12.9. The molecule has 0 unspecified atom stereocenters. The third kappa shape index (κ3) is 3.05. The number of allylic oxidation sites excluding steroid dienone is 1. The zero-order chi connectivity index (χ0) is 19.1. The van der Waals surface area contributed by atoms with Gasteiger partial charge in [-0.1, -0.05) is 13.8 Å². The predicted octanol–water partition coefficient (Wildman–Crippen LogP) is 3.03. The van der Waals surface area contributed by atoms with Crippen molar-refractivity contribution in [1.29, 1.82) is 0 Å². The molecule has 0 saturated heterocycles. The molecule has 2 aliphatic rings. The topological polar surface area (TPSA) is 63.4 Å². The summed E-state index contributed by atoms with van der Waals surface area (Å²) in [6.07, 6.45) is 4.14. The molecule has 140 valence electrons. The molecular formula is C19H19F2N5O. The molecule has 2 aromatic rings. The number of imidazole rings is 1. The molecule has 6 nitrogen and oxygen atoms in total. The highest BCUT2D eigenvalue weighted by atomic mass is 19.3. The Bertz CT molecular complexity index is 961. The van der Waals surface area contributed by atoms with Gasteiger partial charge in [0.15, 0.2) is 0 Å². The van der Waals surface area contributed by atoms with Crippen molar-refractivity contribution in [3.63, 3.8) is 0 Å². The van der Waals surface area contributed by atoms with Crippen LogP contribution in [0, 0.1) is 0 Å². The molecule has 2 aromatic heterocycles. The van der Waals surface area contributed by atoms with Gasteiger partial charge >= 0.3 is 0 Å². The lowest BCUT2D eigenvalue weighted by molar-refractivity contribution is -0.126. The number of aliphatic imine (C=N–C) groups is 1. The minimum Gasteiger partial charge on any atom is -0.310 e. The van der Waals surface area contributed by atoms with Gasteiger partial charge < -0.3 is 4.90 Å². The monoisotopic (exact) mass is 371 g/mol. The Balaban J connectivity index is 1.83. The van der Waals surface area contributed by atoms with E-state index in [1.807, 2.05) is 6.07 Å². The van der Waals surface area contributed by atoms with Gasteiger partial charge in [-0.15, -0.1) is 0 Å². The first-order valence-electron chi connectivity index (χ1n) is 8.82. The molecule has 4 rings (SSSR count). The van der Waals surface area contributed by atoms with E-state index in [9.17, 15) is 13.6 Å². The molecule has 0 aromatic carbocycles. The highest BCUT2D eigenvalue weighted by Crippen LogP contribution is 2.33. The van der Waals surface area contributed by atoms with Gasteiger partial charge in [-0.3, -0.25) is 19.3 Å². The van der Waals surface area contributed by atoms with E-state index in [0.717, 1.165) is 28.9 Å². The largest absolute Gasteiger partial charge is 0.310 e. The smallest absolute Gasteiger partial charge is 0.281 e. The van der Waals surface area contributed by atoms with Gasteiger partial charge in [0, 0.05) is 36.3 Å². The van der Waals surface area contributed by atoms with Crippen molar-refractivity contribution in [3.8, 4) is 0 Å². The van der Waals surface area contributed by atoms with Gasteiger partial charge in [-0.25, -0.2) is 13.8 Å². The third-order valence-electron chi connectivity index (χ3n) is 4.82. The molecule has 0 aliphatic carbocycles. The summed E-state index contributed by atoms with van der Waals surface area (Å²) in [6, 6.07) is 1.90. The number of aromatic nitrogens is 3. The molecule has 1 amide bonds. The molecule has 0 bridgehead atoms. The minimum absolute atomic E-state index is 0.0328. The van der Waals surface area contributed by atoms with Crippen molar-refractivity contribution < 1.29 is 13.6 Å². The Labute approximate surface area is 155 Å². The highest BCUT2D eigenvalue weighted by molar-refractivity contribution is 6.06. The summed E-state index contributed by atoms with van der Waals surface area (Å²) < 4.78 is 27.2. The maximum Gasteiger partial charge on any atom is 0.281 e. The van der Waals surface area contributed by atoms with Gasteiger partial charge in [0.1, 0.15) is 24.4 Å². The fourth-order valence-corrected chi connectivity index (χ4v) is 3.55.